The van der Waals surface area contributed by atoms with E-state index >= 15 is 0 Å². The molecule has 2 heterocycles. The van der Waals surface area contributed by atoms with Gasteiger partial charge >= 0.3 is 0 Å². The molecule has 6 rings (SSSR count). The van der Waals surface area contributed by atoms with Crippen molar-refractivity contribution in [2.75, 3.05) is 40.3 Å². The van der Waals surface area contributed by atoms with Gasteiger partial charge in [-0.1, -0.05) is 12.1 Å². The van der Waals surface area contributed by atoms with Crippen LogP contribution in [0.4, 0.5) is 0 Å². The van der Waals surface area contributed by atoms with E-state index in [1.54, 1.807) is 19.9 Å². The molecule has 0 bridgehead atoms. The Kier molecular flexibility index (Phi) is 8.13. The number of aliphatic hydroxyl groups is 2. The number of hydrogen-bond acceptors (Lipinski definition) is 13. The second-order valence-electron chi connectivity index (χ2n) is 12.5. The van der Waals surface area contributed by atoms with Crippen LogP contribution in [0.25, 0.3) is 0 Å². The van der Waals surface area contributed by atoms with Crippen LogP contribution < -0.4 is 10.5 Å². The summed E-state index contributed by atoms with van der Waals surface area (Å²) in [5.74, 6) is -2.24. The Morgan fingerprint density at radius 3 is 2.44 bits per heavy atom. The van der Waals surface area contributed by atoms with Crippen LogP contribution in [-0.4, -0.2) is 118 Å². The number of likely N-dealkylation sites (N-methyl/N-ethyl adjacent to an activating group) is 1. The fraction of sp³-hybridized carbons (Fsp3) is 0.531. The highest BCUT2D eigenvalue weighted by Gasteiger charge is 2.49. The Bertz CT molecular complexity index is 1560. The number of phenols is 2. The van der Waals surface area contributed by atoms with Gasteiger partial charge in [-0.05, 0) is 27.0 Å². The first-order valence-corrected chi connectivity index (χ1v) is 15.2. The molecule has 2 saturated heterocycles. The number of benzene rings is 2. The van der Waals surface area contributed by atoms with Gasteiger partial charge in [-0.25, -0.2) is 0 Å². The van der Waals surface area contributed by atoms with Crippen molar-refractivity contribution in [3.8, 4) is 17.2 Å². The molecule has 2 aliphatic carbocycles. The largest absolute Gasteiger partial charge is 0.507 e. The molecule has 0 saturated carbocycles. The van der Waals surface area contributed by atoms with Gasteiger partial charge < -0.3 is 45.3 Å². The number of aromatic hydroxyl groups is 2. The molecule has 2 aromatic rings. The zero-order valence-electron chi connectivity index (χ0n) is 25.8. The number of piperazine rings is 1. The smallest absolute Gasteiger partial charge is 0.202 e. The molecule has 242 valence electrons. The number of methoxy groups -OCH3 is 1. The van der Waals surface area contributed by atoms with Crippen molar-refractivity contribution in [2.24, 2.45) is 10.8 Å². The van der Waals surface area contributed by atoms with E-state index in [1.165, 1.54) is 19.2 Å². The zero-order valence-corrected chi connectivity index (χ0v) is 25.8. The summed E-state index contributed by atoms with van der Waals surface area (Å²) in [6.45, 7) is 6.28. The van der Waals surface area contributed by atoms with Gasteiger partial charge in [-0.3, -0.25) is 14.6 Å². The van der Waals surface area contributed by atoms with E-state index in [1.807, 2.05) is 12.1 Å². The Hall–Kier alpha value is -3.59. The van der Waals surface area contributed by atoms with Crippen LogP contribution in [0.15, 0.2) is 23.3 Å². The van der Waals surface area contributed by atoms with Crippen LogP contribution in [0.1, 0.15) is 75.8 Å². The monoisotopic (exact) mass is 624 g/mol. The molecule has 0 spiro atoms. The summed E-state index contributed by atoms with van der Waals surface area (Å²) < 4.78 is 17.6. The minimum absolute atomic E-state index is 0.0171. The Balaban J connectivity index is 1.47. The lowest BCUT2D eigenvalue weighted by atomic mass is 9.71. The van der Waals surface area contributed by atoms with Gasteiger partial charge in [0.1, 0.15) is 22.8 Å². The maximum Gasteiger partial charge on any atom is 0.202 e. The predicted molar refractivity (Wildman–Crippen MR) is 162 cm³/mol. The number of phenolic OH excluding ortho intramolecular Hbond substituents is 2. The summed E-state index contributed by atoms with van der Waals surface area (Å²) >= 11 is 0. The number of hydrogen-bond donors (Lipinski definition) is 5. The Morgan fingerprint density at radius 1 is 1.09 bits per heavy atom. The summed E-state index contributed by atoms with van der Waals surface area (Å²) in [5.41, 5.74) is 4.30. The van der Waals surface area contributed by atoms with E-state index in [4.69, 9.17) is 25.0 Å². The first-order valence-electron chi connectivity index (χ1n) is 15.2. The molecule has 13 nitrogen and oxygen atoms in total. The van der Waals surface area contributed by atoms with Crippen molar-refractivity contribution in [1.82, 2.24) is 9.91 Å². The van der Waals surface area contributed by atoms with E-state index in [2.05, 4.69) is 4.90 Å². The Morgan fingerprint density at radius 2 is 1.78 bits per heavy atom. The minimum atomic E-state index is -1.66. The predicted octanol–water partition coefficient (Wildman–Crippen LogP) is 1.06. The second kappa shape index (κ2) is 11.6. The maximum absolute atomic E-state index is 13.9. The number of hydrazone groups is 1. The first kappa shape index (κ1) is 31.4. The third-order valence-corrected chi connectivity index (χ3v) is 9.59. The highest BCUT2D eigenvalue weighted by Crippen LogP contribution is 2.52. The molecule has 2 aliphatic heterocycles. The number of ether oxygens (including phenoxy) is 3. The summed E-state index contributed by atoms with van der Waals surface area (Å²) in [5, 5.41) is 52.6. The van der Waals surface area contributed by atoms with Gasteiger partial charge in [-0.2, -0.15) is 5.10 Å². The molecule has 0 aromatic heterocycles. The highest BCUT2D eigenvalue weighted by atomic mass is 16.7. The average molecular weight is 625 g/mol. The van der Waals surface area contributed by atoms with Crippen LogP contribution in [0.2, 0.25) is 0 Å². The number of carbonyl (C=O) groups is 2. The van der Waals surface area contributed by atoms with Crippen molar-refractivity contribution in [2.45, 2.75) is 69.4 Å². The van der Waals surface area contributed by atoms with Gasteiger partial charge in [0.25, 0.3) is 0 Å². The third-order valence-electron chi connectivity index (χ3n) is 9.59. The third kappa shape index (κ3) is 5.27. The van der Waals surface area contributed by atoms with Crippen LogP contribution in [0, 0.1) is 0 Å². The molecular weight excluding hydrogens is 584 g/mol. The second-order valence-corrected chi connectivity index (χ2v) is 12.5. The number of nitrogens with zero attached hydrogens (tertiary/aromatic N) is 3. The number of fused-ring (bicyclic) bond motifs is 3. The van der Waals surface area contributed by atoms with Crippen LogP contribution >= 0.6 is 0 Å². The lowest BCUT2D eigenvalue weighted by molar-refractivity contribution is -0.245. The van der Waals surface area contributed by atoms with E-state index in [0.717, 1.165) is 13.1 Å². The molecule has 13 heteroatoms. The van der Waals surface area contributed by atoms with Crippen LogP contribution in [0.3, 0.4) is 0 Å². The van der Waals surface area contributed by atoms with Crippen LogP contribution in [-0.2, 0) is 15.9 Å². The molecule has 0 unspecified atom stereocenters. The summed E-state index contributed by atoms with van der Waals surface area (Å²) in [4.78, 5) is 29.9. The quantitative estimate of drug-likeness (QED) is 0.201. The normalized spacial score (nSPS) is 30.5. The summed E-state index contributed by atoms with van der Waals surface area (Å²) in [7, 11) is 3.40. The maximum atomic E-state index is 13.9. The Labute approximate surface area is 260 Å². The van der Waals surface area contributed by atoms with Crippen molar-refractivity contribution >= 4 is 17.3 Å². The lowest BCUT2D eigenvalue weighted by Gasteiger charge is -2.43. The highest BCUT2D eigenvalue weighted by molar-refractivity contribution is 6.31. The van der Waals surface area contributed by atoms with Gasteiger partial charge in [0, 0.05) is 68.2 Å². The van der Waals surface area contributed by atoms with Gasteiger partial charge in [0.15, 0.2) is 12.1 Å². The topological polar surface area (TPSA) is 188 Å². The number of aliphatic hydroxyl groups excluding tert-OH is 1. The molecule has 0 radical (unpaired) electrons. The molecule has 2 aromatic carbocycles. The van der Waals surface area contributed by atoms with E-state index in [9.17, 15) is 30.0 Å². The fourth-order valence-electron chi connectivity index (χ4n) is 6.87. The van der Waals surface area contributed by atoms with Crippen molar-refractivity contribution in [1.29, 1.82) is 0 Å². The molecule has 6 N–H and O–H groups in total. The minimum Gasteiger partial charge on any atom is -0.507 e. The first-order chi connectivity index (χ1) is 21.3. The fourth-order valence-corrected chi connectivity index (χ4v) is 6.87. The van der Waals surface area contributed by atoms with Gasteiger partial charge in [-0.15, -0.1) is 0 Å². The molecular formula is C32H40N4O9. The van der Waals surface area contributed by atoms with Gasteiger partial charge in [0.2, 0.25) is 5.78 Å². The number of ketones is 2. The molecule has 45 heavy (non-hydrogen) atoms. The lowest BCUT2D eigenvalue weighted by Crippen LogP contribution is -2.52. The standard InChI is InChI=1S/C32H40N4O9/c1-15-27(37)19(33)12-22(44-15)45-21-14-32(42,16(2)34-36-10-8-35(3)9-11-36)13-18-24(21)31(41)26-25(29(18)39)28(38)17-6-5-7-20(43-4)23(17)30(26)40/h5-7,15,19,21-22,27,37,39,41-42H,8-14,33H2,1-4H3/b34-16+/t15-,19-,21-,22-,27+,32-/m0/s1. The summed E-state index contributed by atoms with van der Waals surface area (Å²) in [6, 6.07) is 3.91. The molecule has 4 aliphatic rings. The van der Waals surface area contributed by atoms with Crippen LogP contribution in [0.5, 0.6) is 17.2 Å². The zero-order chi connectivity index (χ0) is 32.4. The van der Waals surface area contributed by atoms with Gasteiger partial charge in [0.05, 0.1) is 47.8 Å². The number of nitrogens with two attached hydrogens (primary N) is 1. The van der Waals surface area contributed by atoms with E-state index in [0.29, 0.717) is 18.8 Å². The van der Waals surface area contributed by atoms with Crippen molar-refractivity contribution in [3.63, 3.8) is 0 Å². The average Bonchev–Trinajstić information content (AvgIpc) is 3.00. The molecule has 6 atom stereocenters. The number of carbonyl (C=O) groups excluding carboxylic acids is 2. The van der Waals surface area contributed by atoms with E-state index < -0.39 is 59.3 Å². The van der Waals surface area contributed by atoms with E-state index in [-0.39, 0.29) is 58.4 Å². The summed E-state index contributed by atoms with van der Waals surface area (Å²) in [6.07, 6.45) is -3.83. The van der Waals surface area contributed by atoms with Crippen molar-refractivity contribution in [3.05, 3.63) is 51.6 Å². The molecule has 2 fully saturated rings. The number of rotatable bonds is 5. The SMILES string of the molecule is COc1cccc2c1C(=O)c1c(O)c3c(c(O)c1C2=O)C[C@@](O)(/C(C)=N/N1CCN(C)CC1)C[C@@H]3O[C@H]1C[C@H](N)[C@H](O)[C@H](C)O1. The van der Waals surface area contributed by atoms with Crippen molar-refractivity contribution < 1.29 is 44.2 Å². The molecule has 0 amide bonds.